The maximum absolute atomic E-state index is 14.4. The molecule has 1 aliphatic carbocycles. The summed E-state index contributed by atoms with van der Waals surface area (Å²) in [6.45, 7) is 4.06. The fraction of sp³-hybridized carbons (Fsp3) is 0.500. The average Bonchev–Trinajstić information content (AvgIpc) is 3.17. The summed E-state index contributed by atoms with van der Waals surface area (Å²) in [7, 11) is 0. The molecule has 1 aromatic carbocycles. The van der Waals surface area contributed by atoms with Gasteiger partial charge in [-0.3, -0.25) is 9.36 Å². The molecular formula is C24H29F3N6O2. The molecule has 0 bridgehead atoms. The minimum absolute atomic E-state index is 0.0483. The molecule has 4 rings (SSSR count). The summed E-state index contributed by atoms with van der Waals surface area (Å²) in [6.07, 6.45) is 6.51. The monoisotopic (exact) mass is 490 g/mol. The fourth-order valence-electron chi connectivity index (χ4n) is 4.68. The second-order valence-electron chi connectivity index (χ2n) is 8.96. The van der Waals surface area contributed by atoms with Gasteiger partial charge in [-0.05, 0) is 38.5 Å². The molecule has 35 heavy (non-hydrogen) atoms. The summed E-state index contributed by atoms with van der Waals surface area (Å²) >= 11 is 0. The van der Waals surface area contributed by atoms with Gasteiger partial charge >= 0.3 is 5.97 Å². The number of benzene rings is 1. The predicted molar refractivity (Wildman–Crippen MR) is 126 cm³/mol. The first-order chi connectivity index (χ1) is 16.8. The first kappa shape index (κ1) is 24.7. The lowest BCUT2D eigenvalue weighted by molar-refractivity contribution is -0.142. The maximum Gasteiger partial charge on any atom is 0.306 e. The van der Waals surface area contributed by atoms with Crippen LogP contribution < -0.4 is 10.6 Å². The van der Waals surface area contributed by atoms with E-state index in [9.17, 15) is 23.1 Å². The maximum atomic E-state index is 14.4. The van der Waals surface area contributed by atoms with Gasteiger partial charge in [0.25, 0.3) is 0 Å². The number of halogens is 3. The van der Waals surface area contributed by atoms with Gasteiger partial charge in [0.1, 0.15) is 17.0 Å². The second-order valence-corrected chi connectivity index (χ2v) is 8.96. The molecule has 2 heterocycles. The van der Waals surface area contributed by atoms with E-state index in [0.29, 0.717) is 54.9 Å². The van der Waals surface area contributed by atoms with Crippen LogP contribution in [-0.2, 0) is 4.79 Å². The van der Waals surface area contributed by atoms with Crippen LogP contribution in [0.1, 0.15) is 64.8 Å². The number of carboxylic acid groups (broad SMARTS) is 1. The predicted octanol–water partition coefficient (Wildman–Crippen LogP) is 5.79. The molecule has 2 aromatic heterocycles. The van der Waals surface area contributed by atoms with Gasteiger partial charge in [0.2, 0.25) is 11.9 Å². The van der Waals surface area contributed by atoms with Crippen LogP contribution in [0.3, 0.4) is 0 Å². The lowest BCUT2D eigenvalue weighted by Crippen LogP contribution is -2.29. The summed E-state index contributed by atoms with van der Waals surface area (Å²) in [5.41, 5.74) is 0.466. The van der Waals surface area contributed by atoms with Crippen molar-refractivity contribution in [3.8, 4) is 0 Å². The summed E-state index contributed by atoms with van der Waals surface area (Å²) < 4.78 is 43.9. The normalized spacial score (nSPS) is 19.0. The van der Waals surface area contributed by atoms with Gasteiger partial charge < -0.3 is 15.7 Å². The third-order valence-electron chi connectivity index (χ3n) is 6.54. The number of aromatic nitrogens is 4. The Labute approximate surface area is 201 Å². The molecule has 11 heteroatoms. The standard InChI is InChI=1S/C24H29F3N6O2/c1-3-5-16(4-2)33-21-19(30-24(33)31-20-17(26)10-14(25)11-18(20)27)12-28-23(32-21)29-15-8-6-13(7-9-15)22(34)35/h10-13,15-16H,3-9H2,1-2H3,(H,30,31)(H,34,35)(H,28,29,32)/t13?,15?,16-/m0/s1. The van der Waals surface area contributed by atoms with Crippen molar-refractivity contribution in [1.29, 1.82) is 0 Å². The van der Waals surface area contributed by atoms with E-state index >= 15 is 0 Å². The number of anilines is 3. The number of nitrogens with one attached hydrogen (secondary N) is 2. The fourth-order valence-corrected chi connectivity index (χ4v) is 4.68. The molecule has 1 saturated carbocycles. The van der Waals surface area contributed by atoms with Crippen molar-refractivity contribution < 1.29 is 23.1 Å². The van der Waals surface area contributed by atoms with Gasteiger partial charge in [-0.2, -0.15) is 4.98 Å². The molecule has 0 spiro atoms. The third kappa shape index (κ3) is 5.33. The van der Waals surface area contributed by atoms with Gasteiger partial charge in [-0.15, -0.1) is 0 Å². The highest BCUT2D eigenvalue weighted by Crippen LogP contribution is 2.32. The van der Waals surface area contributed by atoms with E-state index in [1.54, 1.807) is 6.20 Å². The molecule has 188 valence electrons. The van der Waals surface area contributed by atoms with Crippen molar-refractivity contribution in [2.75, 3.05) is 10.6 Å². The number of aliphatic carboxylic acids is 1. The zero-order valence-electron chi connectivity index (χ0n) is 19.7. The molecule has 0 saturated heterocycles. The zero-order chi connectivity index (χ0) is 25.1. The van der Waals surface area contributed by atoms with Gasteiger partial charge in [0, 0.05) is 24.2 Å². The molecule has 1 atom stereocenters. The van der Waals surface area contributed by atoms with Crippen LogP contribution in [0.25, 0.3) is 11.2 Å². The molecule has 1 fully saturated rings. The van der Waals surface area contributed by atoms with Gasteiger partial charge in [-0.1, -0.05) is 20.3 Å². The summed E-state index contributed by atoms with van der Waals surface area (Å²) in [4.78, 5) is 24.7. The topological polar surface area (TPSA) is 105 Å². The first-order valence-corrected chi connectivity index (χ1v) is 12.0. The quantitative estimate of drug-likeness (QED) is 0.348. The Kier molecular flexibility index (Phi) is 7.42. The lowest BCUT2D eigenvalue weighted by Gasteiger charge is -2.26. The molecule has 8 nitrogen and oxygen atoms in total. The number of carboxylic acids is 1. The van der Waals surface area contributed by atoms with E-state index in [-0.39, 0.29) is 23.9 Å². The Balaban J connectivity index is 1.68. The van der Waals surface area contributed by atoms with Crippen LogP contribution in [0.5, 0.6) is 0 Å². The molecule has 3 aromatic rings. The molecule has 0 amide bonds. The highest BCUT2D eigenvalue weighted by molar-refractivity contribution is 5.77. The minimum atomic E-state index is -1.06. The summed E-state index contributed by atoms with van der Waals surface area (Å²) in [5.74, 6) is -3.63. The second kappa shape index (κ2) is 10.5. The van der Waals surface area contributed by atoms with E-state index in [2.05, 4.69) is 25.6 Å². The smallest absolute Gasteiger partial charge is 0.306 e. The molecule has 0 aliphatic heterocycles. The summed E-state index contributed by atoms with van der Waals surface area (Å²) in [5, 5.41) is 15.2. The van der Waals surface area contributed by atoms with E-state index < -0.39 is 29.1 Å². The van der Waals surface area contributed by atoms with Crippen molar-refractivity contribution in [1.82, 2.24) is 19.5 Å². The largest absolute Gasteiger partial charge is 0.481 e. The highest BCUT2D eigenvalue weighted by Gasteiger charge is 2.27. The van der Waals surface area contributed by atoms with Crippen molar-refractivity contribution >= 4 is 34.7 Å². The van der Waals surface area contributed by atoms with Crippen molar-refractivity contribution in [3.63, 3.8) is 0 Å². The Hall–Kier alpha value is -3.37. The Bertz CT molecular complexity index is 1190. The number of nitrogens with zero attached hydrogens (tertiary/aromatic N) is 4. The number of fused-ring (bicyclic) bond motifs is 1. The van der Waals surface area contributed by atoms with Crippen LogP contribution in [0, 0.1) is 23.4 Å². The SMILES string of the molecule is CCC[C@H](CC)n1c(Nc2c(F)cc(F)cc2F)nc2cnc(NC3CCC(C(=O)O)CC3)nc21. The Morgan fingerprint density at radius 3 is 2.43 bits per heavy atom. The molecular weight excluding hydrogens is 461 g/mol. The van der Waals surface area contributed by atoms with Crippen LogP contribution in [0.15, 0.2) is 18.3 Å². The van der Waals surface area contributed by atoms with Gasteiger partial charge in [0.15, 0.2) is 17.3 Å². The van der Waals surface area contributed by atoms with Crippen LogP contribution in [0.2, 0.25) is 0 Å². The molecule has 1 aliphatic rings. The van der Waals surface area contributed by atoms with Crippen molar-refractivity contribution in [2.24, 2.45) is 5.92 Å². The molecule has 0 unspecified atom stereocenters. The third-order valence-corrected chi connectivity index (χ3v) is 6.54. The van der Waals surface area contributed by atoms with E-state index in [1.807, 2.05) is 18.4 Å². The average molecular weight is 491 g/mol. The number of carbonyl (C=O) groups is 1. The van der Waals surface area contributed by atoms with Gasteiger partial charge in [-0.25, -0.2) is 23.1 Å². The van der Waals surface area contributed by atoms with E-state index in [0.717, 1.165) is 19.3 Å². The van der Waals surface area contributed by atoms with Crippen LogP contribution in [-0.4, -0.2) is 36.6 Å². The molecule has 0 radical (unpaired) electrons. The van der Waals surface area contributed by atoms with Crippen LogP contribution >= 0.6 is 0 Å². The van der Waals surface area contributed by atoms with E-state index in [1.165, 1.54) is 0 Å². The highest BCUT2D eigenvalue weighted by atomic mass is 19.1. The van der Waals surface area contributed by atoms with Crippen molar-refractivity contribution in [3.05, 3.63) is 35.8 Å². The van der Waals surface area contributed by atoms with Gasteiger partial charge in [0.05, 0.1) is 12.1 Å². The number of hydrogen-bond donors (Lipinski definition) is 3. The number of hydrogen-bond acceptors (Lipinski definition) is 6. The van der Waals surface area contributed by atoms with Crippen LogP contribution in [0.4, 0.5) is 30.8 Å². The Morgan fingerprint density at radius 2 is 1.83 bits per heavy atom. The lowest BCUT2D eigenvalue weighted by atomic mass is 9.86. The molecule has 3 N–H and O–H groups in total. The van der Waals surface area contributed by atoms with E-state index in [4.69, 9.17) is 0 Å². The number of imidazole rings is 1. The Morgan fingerprint density at radius 1 is 1.14 bits per heavy atom. The minimum Gasteiger partial charge on any atom is -0.481 e. The number of rotatable bonds is 9. The van der Waals surface area contributed by atoms with Crippen molar-refractivity contribution in [2.45, 2.75) is 70.9 Å². The zero-order valence-corrected chi connectivity index (χ0v) is 19.7. The summed E-state index contributed by atoms with van der Waals surface area (Å²) in [6, 6.07) is 1.23. The first-order valence-electron chi connectivity index (χ1n) is 12.0.